The third kappa shape index (κ3) is 6.48. The number of pyridine rings is 1. The average molecular weight is 519 g/mol. The second kappa shape index (κ2) is 12.1. The number of rotatable bonds is 9. The maximum absolute atomic E-state index is 10.2. The minimum Gasteiger partial charge on any atom is -0.305 e. The Morgan fingerprint density at radius 2 is 1.55 bits per heavy atom. The third-order valence-corrected chi connectivity index (χ3v) is 7.34. The van der Waals surface area contributed by atoms with E-state index in [0.29, 0.717) is 10.6 Å². The summed E-state index contributed by atoms with van der Waals surface area (Å²) in [6.45, 7) is 6.11. The van der Waals surface area contributed by atoms with Crippen molar-refractivity contribution in [3.05, 3.63) is 125 Å². The van der Waals surface area contributed by atoms with Crippen molar-refractivity contribution in [1.82, 2.24) is 10.3 Å². The number of hydrogen-bond acceptors (Lipinski definition) is 4. The molecule has 0 fully saturated rings. The van der Waals surface area contributed by atoms with Crippen molar-refractivity contribution in [2.45, 2.75) is 45.2 Å². The van der Waals surface area contributed by atoms with Crippen molar-refractivity contribution in [2.75, 3.05) is 0 Å². The zero-order chi connectivity index (χ0) is 27.1. The summed E-state index contributed by atoms with van der Waals surface area (Å²) in [5.74, 6) is 0.0600. The molecule has 4 aromatic rings. The van der Waals surface area contributed by atoms with Crippen LogP contribution in [0.2, 0.25) is 5.02 Å². The van der Waals surface area contributed by atoms with Crippen LogP contribution in [0, 0.1) is 28.1 Å². The van der Waals surface area contributed by atoms with Gasteiger partial charge >= 0.3 is 0 Å². The van der Waals surface area contributed by atoms with Crippen LogP contribution in [0.15, 0.2) is 97.3 Å². The van der Waals surface area contributed by atoms with Gasteiger partial charge in [0.2, 0.25) is 0 Å². The molecule has 0 amide bonds. The first-order valence-electron chi connectivity index (χ1n) is 12.7. The maximum atomic E-state index is 10.2. The molecule has 5 heteroatoms. The fourth-order valence-corrected chi connectivity index (χ4v) is 5.03. The second-order valence-corrected chi connectivity index (χ2v) is 10.7. The normalized spacial score (nSPS) is 13.6. The number of aromatic nitrogens is 1. The van der Waals surface area contributed by atoms with Crippen molar-refractivity contribution in [2.24, 2.45) is 5.41 Å². The van der Waals surface area contributed by atoms with Gasteiger partial charge < -0.3 is 5.32 Å². The van der Waals surface area contributed by atoms with Crippen LogP contribution in [-0.4, -0.2) is 11.0 Å². The lowest BCUT2D eigenvalue weighted by Gasteiger charge is -2.36. The van der Waals surface area contributed by atoms with Gasteiger partial charge in [-0.25, -0.2) is 0 Å². The standard InChI is InChI=1S/C33H31ClN4/c1-23(31(19-24-10-12-30(34)13-11-24)28-8-4-6-25(18-28)21-35)38-32(33(2,3)22-36)29-9-5-7-27(20-29)26-14-16-37-17-15-26/h4-18,20,23,31-32,38H,19H2,1-3H3/t23?,31?,32-/m0/s1. The first kappa shape index (κ1) is 27.1. The number of nitrogens with one attached hydrogen (secondary N) is 1. The molecular weight excluding hydrogens is 488 g/mol. The Hall–Kier alpha value is -3.96. The van der Waals surface area contributed by atoms with Crippen LogP contribution in [0.3, 0.4) is 0 Å². The summed E-state index contributed by atoms with van der Waals surface area (Å²) in [6, 6.07) is 32.6. The number of halogens is 1. The molecule has 4 rings (SSSR count). The number of hydrogen-bond donors (Lipinski definition) is 1. The van der Waals surface area contributed by atoms with Crippen LogP contribution in [0.1, 0.15) is 55.0 Å². The topological polar surface area (TPSA) is 72.5 Å². The van der Waals surface area contributed by atoms with Gasteiger partial charge in [-0.1, -0.05) is 54.1 Å². The fraction of sp³-hybridized carbons (Fsp3) is 0.242. The molecule has 0 aliphatic carbocycles. The van der Waals surface area contributed by atoms with E-state index in [-0.39, 0.29) is 18.0 Å². The average Bonchev–Trinajstić information content (AvgIpc) is 2.96. The molecule has 3 aromatic carbocycles. The van der Waals surface area contributed by atoms with Crippen molar-refractivity contribution in [3.63, 3.8) is 0 Å². The van der Waals surface area contributed by atoms with Gasteiger partial charge in [-0.3, -0.25) is 4.98 Å². The molecule has 0 radical (unpaired) electrons. The molecule has 2 unspecified atom stereocenters. The lowest BCUT2D eigenvalue weighted by Crippen LogP contribution is -2.42. The number of nitrogens with zero attached hydrogens (tertiary/aromatic N) is 3. The SMILES string of the molecule is CC(N[C@@H](c1cccc(-c2ccncc2)c1)C(C)(C)C#N)C(Cc1ccc(Cl)cc1)c1cccc(C#N)c1. The van der Waals surface area contributed by atoms with Crippen LogP contribution in [0.5, 0.6) is 0 Å². The van der Waals surface area contributed by atoms with E-state index in [0.717, 1.165) is 34.2 Å². The summed E-state index contributed by atoms with van der Waals surface area (Å²) in [6.07, 6.45) is 4.34. The van der Waals surface area contributed by atoms with Gasteiger partial charge in [0, 0.05) is 29.4 Å². The Morgan fingerprint density at radius 3 is 2.24 bits per heavy atom. The lowest BCUT2D eigenvalue weighted by atomic mass is 9.79. The zero-order valence-electron chi connectivity index (χ0n) is 21.9. The van der Waals surface area contributed by atoms with Gasteiger partial charge in [0.05, 0.1) is 29.2 Å². The predicted octanol–water partition coefficient (Wildman–Crippen LogP) is 7.87. The summed E-state index contributed by atoms with van der Waals surface area (Å²) in [5.41, 5.74) is 5.41. The number of benzene rings is 3. The van der Waals surface area contributed by atoms with E-state index in [4.69, 9.17) is 11.6 Å². The van der Waals surface area contributed by atoms with Crippen LogP contribution in [0.4, 0.5) is 0 Å². The maximum Gasteiger partial charge on any atom is 0.0991 e. The van der Waals surface area contributed by atoms with E-state index >= 15 is 0 Å². The first-order valence-corrected chi connectivity index (χ1v) is 13.1. The Morgan fingerprint density at radius 1 is 0.868 bits per heavy atom. The fourth-order valence-electron chi connectivity index (χ4n) is 4.90. The highest BCUT2D eigenvalue weighted by atomic mass is 35.5. The second-order valence-electron chi connectivity index (χ2n) is 10.3. The zero-order valence-corrected chi connectivity index (χ0v) is 22.7. The molecular formula is C33H31ClN4. The molecule has 0 aliphatic heterocycles. The van der Waals surface area contributed by atoms with Crippen LogP contribution in [0.25, 0.3) is 11.1 Å². The Bertz CT molecular complexity index is 1450. The molecule has 190 valence electrons. The van der Waals surface area contributed by atoms with Crippen LogP contribution in [-0.2, 0) is 6.42 Å². The minimum atomic E-state index is -0.676. The minimum absolute atomic E-state index is 0.0122. The third-order valence-electron chi connectivity index (χ3n) is 7.09. The summed E-state index contributed by atoms with van der Waals surface area (Å²) in [4.78, 5) is 4.14. The number of nitriles is 2. The predicted molar refractivity (Wildman–Crippen MR) is 153 cm³/mol. The Kier molecular flexibility index (Phi) is 8.59. The Balaban J connectivity index is 1.71. The molecule has 0 bridgehead atoms. The molecule has 3 atom stereocenters. The summed E-state index contributed by atoms with van der Waals surface area (Å²) >= 11 is 6.14. The molecule has 0 saturated heterocycles. The first-order chi connectivity index (χ1) is 18.3. The largest absolute Gasteiger partial charge is 0.305 e. The van der Waals surface area contributed by atoms with Gasteiger partial charge in [-0.2, -0.15) is 10.5 Å². The molecule has 0 spiro atoms. The van der Waals surface area contributed by atoms with Crippen LogP contribution >= 0.6 is 11.6 Å². The van der Waals surface area contributed by atoms with Crippen LogP contribution < -0.4 is 5.32 Å². The highest BCUT2D eigenvalue weighted by molar-refractivity contribution is 6.30. The molecule has 0 aliphatic rings. The van der Waals surface area contributed by atoms with Crippen molar-refractivity contribution < 1.29 is 0 Å². The summed E-state index contributed by atoms with van der Waals surface area (Å²) in [5, 5.41) is 24.2. The molecule has 1 heterocycles. The van der Waals surface area contributed by atoms with E-state index in [1.165, 1.54) is 0 Å². The molecule has 1 aromatic heterocycles. The Labute approximate surface area is 230 Å². The molecule has 38 heavy (non-hydrogen) atoms. The summed E-state index contributed by atoms with van der Waals surface area (Å²) < 4.78 is 0. The van der Waals surface area contributed by atoms with Crippen molar-refractivity contribution in [3.8, 4) is 23.3 Å². The van der Waals surface area contributed by atoms with E-state index in [1.54, 1.807) is 12.4 Å². The van der Waals surface area contributed by atoms with Crippen molar-refractivity contribution in [1.29, 1.82) is 10.5 Å². The lowest BCUT2D eigenvalue weighted by molar-refractivity contribution is 0.281. The van der Waals surface area contributed by atoms with E-state index in [9.17, 15) is 10.5 Å². The van der Waals surface area contributed by atoms with E-state index in [2.05, 4.69) is 53.6 Å². The molecule has 1 N–H and O–H groups in total. The van der Waals surface area contributed by atoms with Gasteiger partial charge in [0.15, 0.2) is 0 Å². The van der Waals surface area contributed by atoms with Gasteiger partial charge in [0.1, 0.15) is 0 Å². The van der Waals surface area contributed by atoms with E-state index < -0.39 is 5.41 Å². The summed E-state index contributed by atoms with van der Waals surface area (Å²) in [7, 11) is 0. The smallest absolute Gasteiger partial charge is 0.0991 e. The highest BCUT2D eigenvalue weighted by Crippen LogP contribution is 2.37. The van der Waals surface area contributed by atoms with Gasteiger partial charge in [0.25, 0.3) is 0 Å². The van der Waals surface area contributed by atoms with Gasteiger partial charge in [-0.15, -0.1) is 0 Å². The van der Waals surface area contributed by atoms with E-state index in [1.807, 2.05) is 74.5 Å². The van der Waals surface area contributed by atoms with Crippen molar-refractivity contribution >= 4 is 11.6 Å². The monoisotopic (exact) mass is 518 g/mol. The molecule has 0 saturated carbocycles. The van der Waals surface area contributed by atoms with Gasteiger partial charge in [-0.05, 0) is 97.5 Å². The quantitative estimate of drug-likeness (QED) is 0.244. The molecule has 4 nitrogen and oxygen atoms in total. The highest BCUT2D eigenvalue weighted by Gasteiger charge is 2.34.